The van der Waals surface area contributed by atoms with Gasteiger partial charge in [0.05, 0.1) is 0 Å². The van der Waals surface area contributed by atoms with E-state index in [-0.39, 0.29) is 5.56 Å². The Balaban J connectivity index is 2.24. The number of rotatable bonds is 7. The molecule has 0 spiro atoms. The Morgan fingerprint density at radius 2 is 2.12 bits per heavy atom. The second kappa shape index (κ2) is 7.74. The van der Waals surface area contributed by atoms with Crippen molar-refractivity contribution in [1.82, 2.24) is 9.97 Å². The summed E-state index contributed by atoms with van der Waals surface area (Å²) in [6.07, 6.45) is 4.60. The summed E-state index contributed by atoms with van der Waals surface area (Å²) in [4.78, 5) is 18.1. The molecule has 1 N–H and O–H groups in total. The van der Waals surface area contributed by atoms with Gasteiger partial charge < -0.3 is 4.98 Å². The van der Waals surface area contributed by atoms with Crippen LogP contribution in [-0.4, -0.2) is 21.6 Å². The van der Waals surface area contributed by atoms with Crippen LogP contribution in [-0.2, 0) is 0 Å². The number of nitrogens with one attached hydrogen (secondary N) is 1. The van der Waals surface area contributed by atoms with Gasteiger partial charge in [-0.25, -0.2) is 4.98 Å². The molecule has 0 bridgehead atoms. The highest BCUT2D eigenvalue weighted by molar-refractivity contribution is 7.99. The summed E-state index contributed by atoms with van der Waals surface area (Å²) in [6, 6.07) is 1.50. The maximum Gasteiger partial charge on any atom is 0.251 e. The first kappa shape index (κ1) is 13.6. The lowest BCUT2D eigenvalue weighted by Crippen LogP contribution is -2.08. The van der Waals surface area contributed by atoms with Gasteiger partial charge in [-0.1, -0.05) is 24.6 Å². The summed E-state index contributed by atoms with van der Waals surface area (Å²) in [6.45, 7) is 1.83. The quantitative estimate of drug-likeness (QED) is 0.355. The molecule has 90 valence electrons. The maximum absolute atomic E-state index is 11.2. The van der Waals surface area contributed by atoms with Crippen LogP contribution in [0.4, 0.5) is 0 Å². The van der Waals surface area contributed by atoms with E-state index in [4.69, 9.17) is 11.6 Å². The van der Waals surface area contributed by atoms with E-state index in [2.05, 4.69) is 9.97 Å². The molecule has 0 saturated heterocycles. The summed E-state index contributed by atoms with van der Waals surface area (Å²) < 4.78 is 0. The number of halogens is 1. The van der Waals surface area contributed by atoms with Crippen molar-refractivity contribution in [3.05, 3.63) is 22.1 Å². The topological polar surface area (TPSA) is 45.8 Å². The third-order valence-corrected chi connectivity index (χ3v) is 3.34. The summed E-state index contributed by atoms with van der Waals surface area (Å²) >= 11 is 7.20. The monoisotopic (exact) mass is 260 g/mol. The highest BCUT2D eigenvalue weighted by atomic mass is 35.5. The number of alkyl halides is 1. The minimum atomic E-state index is -0.0721. The normalized spacial score (nSPS) is 10.6. The van der Waals surface area contributed by atoms with Crippen LogP contribution in [0.2, 0.25) is 0 Å². The van der Waals surface area contributed by atoms with Crippen molar-refractivity contribution >= 4 is 23.4 Å². The van der Waals surface area contributed by atoms with E-state index in [1.165, 1.54) is 18.9 Å². The Morgan fingerprint density at radius 3 is 2.81 bits per heavy atom. The molecule has 1 aromatic heterocycles. The molecular weight excluding hydrogens is 244 g/mol. The van der Waals surface area contributed by atoms with Crippen LogP contribution >= 0.6 is 23.4 Å². The lowest BCUT2D eigenvalue weighted by Gasteiger charge is -2.01. The average molecular weight is 261 g/mol. The summed E-state index contributed by atoms with van der Waals surface area (Å²) in [5.74, 6) is 1.74. The van der Waals surface area contributed by atoms with Crippen LogP contribution < -0.4 is 5.56 Å². The summed E-state index contributed by atoms with van der Waals surface area (Å²) in [5, 5.41) is 0.724. The number of H-pyrrole nitrogens is 1. The van der Waals surface area contributed by atoms with Crippen molar-refractivity contribution in [1.29, 1.82) is 0 Å². The second-order valence-corrected chi connectivity index (χ2v) is 5.11. The standard InChI is InChI=1S/C11H17ClN2OS/c1-9-8-10(15)14-11(13-9)16-7-5-3-2-4-6-12/h8H,2-7H2,1H3,(H,13,14,15). The fourth-order valence-corrected chi connectivity index (χ4v) is 2.45. The van der Waals surface area contributed by atoms with Crippen molar-refractivity contribution in [3.8, 4) is 0 Å². The lowest BCUT2D eigenvalue weighted by molar-refractivity contribution is 0.708. The number of aromatic nitrogens is 2. The van der Waals surface area contributed by atoms with E-state index in [1.807, 2.05) is 6.92 Å². The third-order valence-electron chi connectivity index (χ3n) is 2.11. The Bertz CT molecular complexity index is 367. The number of hydrogen-bond donors (Lipinski definition) is 1. The van der Waals surface area contributed by atoms with Crippen LogP contribution in [0.3, 0.4) is 0 Å². The van der Waals surface area contributed by atoms with Crippen LogP contribution in [0.15, 0.2) is 16.0 Å². The molecule has 0 aliphatic heterocycles. The molecule has 0 aliphatic carbocycles. The maximum atomic E-state index is 11.2. The van der Waals surface area contributed by atoms with Gasteiger partial charge in [-0.15, -0.1) is 11.6 Å². The van der Waals surface area contributed by atoms with Crippen molar-refractivity contribution in [2.24, 2.45) is 0 Å². The first-order valence-electron chi connectivity index (χ1n) is 5.49. The summed E-state index contributed by atoms with van der Waals surface area (Å²) in [5.41, 5.74) is 0.700. The van der Waals surface area contributed by atoms with Crippen molar-refractivity contribution in [2.45, 2.75) is 37.8 Å². The van der Waals surface area contributed by atoms with Crippen LogP contribution in [0.5, 0.6) is 0 Å². The number of aryl methyl sites for hydroxylation is 1. The minimum absolute atomic E-state index is 0.0721. The van der Waals surface area contributed by atoms with Gasteiger partial charge in [-0.05, 0) is 19.8 Å². The third kappa shape index (κ3) is 5.56. The molecule has 1 rings (SSSR count). The van der Waals surface area contributed by atoms with E-state index in [1.54, 1.807) is 11.8 Å². The fraction of sp³-hybridized carbons (Fsp3) is 0.636. The van der Waals surface area contributed by atoms with Gasteiger partial charge in [0.2, 0.25) is 0 Å². The predicted octanol–water partition coefficient (Wildman–Crippen LogP) is 2.97. The van der Waals surface area contributed by atoms with Crippen molar-refractivity contribution in [3.63, 3.8) is 0 Å². The smallest absolute Gasteiger partial charge is 0.251 e. The zero-order valence-electron chi connectivity index (χ0n) is 9.46. The molecule has 0 aromatic carbocycles. The fourth-order valence-electron chi connectivity index (χ4n) is 1.34. The van der Waals surface area contributed by atoms with Gasteiger partial charge in [0.15, 0.2) is 5.16 Å². The van der Waals surface area contributed by atoms with E-state index >= 15 is 0 Å². The van der Waals surface area contributed by atoms with Gasteiger partial charge in [-0.2, -0.15) is 0 Å². The molecular formula is C11H17ClN2OS. The van der Waals surface area contributed by atoms with Gasteiger partial charge in [0.25, 0.3) is 5.56 Å². The molecule has 0 aliphatic rings. The zero-order chi connectivity index (χ0) is 11.8. The van der Waals surface area contributed by atoms with Gasteiger partial charge in [0, 0.05) is 23.4 Å². The highest BCUT2D eigenvalue weighted by Gasteiger charge is 1.98. The Hall–Kier alpha value is -0.480. The highest BCUT2D eigenvalue weighted by Crippen LogP contribution is 2.14. The zero-order valence-corrected chi connectivity index (χ0v) is 11.0. The average Bonchev–Trinajstić information content (AvgIpc) is 2.22. The molecule has 1 aromatic rings. The van der Waals surface area contributed by atoms with E-state index in [0.717, 1.165) is 35.3 Å². The molecule has 1 heterocycles. The van der Waals surface area contributed by atoms with Gasteiger partial charge >= 0.3 is 0 Å². The SMILES string of the molecule is Cc1cc(=O)[nH]c(SCCCCCCCl)n1. The van der Waals surface area contributed by atoms with Crippen molar-refractivity contribution < 1.29 is 0 Å². The van der Waals surface area contributed by atoms with Crippen LogP contribution in [0.25, 0.3) is 0 Å². The number of aromatic amines is 1. The van der Waals surface area contributed by atoms with E-state index in [0.29, 0.717) is 0 Å². The largest absolute Gasteiger partial charge is 0.301 e. The first-order valence-corrected chi connectivity index (χ1v) is 7.01. The Morgan fingerprint density at radius 1 is 1.38 bits per heavy atom. The van der Waals surface area contributed by atoms with Crippen molar-refractivity contribution in [2.75, 3.05) is 11.6 Å². The number of nitrogens with zero attached hydrogens (tertiary/aromatic N) is 1. The molecule has 5 heteroatoms. The first-order chi connectivity index (χ1) is 7.72. The second-order valence-electron chi connectivity index (χ2n) is 3.64. The lowest BCUT2D eigenvalue weighted by atomic mass is 10.2. The van der Waals surface area contributed by atoms with Gasteiger partial charge in [-0.3, -0.25) is 4.79 Å². The number of thioether (sulfide) groups is 1. The molecule has 3 nitrogen and oxygen atoms in total. The van der Waals surface area contributed by atoms with E-state index < -0.39 is 0 Å². The molecule has 0 saturated carbocycles. The van der Waals surface area contributed by atoms with Crippen LogP contribution in [0, 0.1) is 6.92 Å². The summed E-state index contributed by atoms with van der Waals surface area (Å²) in [7, 11) is 0. The number of unbranched alkanes of at least 4 members (excludes halogenated alkanes) is 3. The Kier molecular flexibility index (Phi) is 6.57. The van der Waals surface area contributed by atoms with Crippen LogP contribution in [0.1, 0.15) is 31.4 Å². The number of hydrogen-bond acceptors (Lipinski definition) is 3. The molecule has 0 fully saturated rings. The van der Waals surface area contributed by atoms with E-state index in [9.17, 15) is 4.79 Å². The molecule has 16 heavy (non-hydrogen) atoms. The predicted molar refractivity (Wildman–Crippen MR) is 69.5 cm³/mol. The molecule has 0 radical (unpaired) electrons. The molecule has 0 atom stereocenters. The minimum Gasteiger partial charge on any atom is -0.301 e. The molecule has 0 amide bonds. The van der Waals surface area contributed by atoms with Gasteiger partial charge in [0.1, 0.15) is 0 Å². The Labute approximate surface area is 105 Å². The molecule has 0 unspecified atom stereocenters.